The van der Waals surface area contributed by atoms with Crippen LogP contribution in [0.2, 0.25) is 5.02 Å². The second-order valence-corrected chi connectivity index (χ2v) is 5.37. The lowest BCUT2D eigenvalue weighted by atomic mass is 9.98. The highest BCUT2D eigenvalue weighted by atomic mass is 35.5. The van der Waals surface area contributed by atoms with E-state index in [-0.39, 0.29) is 11.9 Å². The van der Waals surface area contributed by atoms with Crippen LogP contribution in [-0.2, 0) is 12.8 Å². The lowest BCUT2D eigenvalue weighted by molar-refractivity contribution is 0.506. The Hall–Kier alpha value is -1.42. The molecule has 0 saturated carbocycles. The minimum absolute atomic E-state index is 0.0629. The minimum atomic E-state index is -0.206. The van der Waals surface area contributed by atoms with Crippen molar-refractivity contribution in [3.63, 3.8) is 0 Å². The molecule has 0 amide bonds. The van der Waals surface area contributed by atoms with Gasteiger partial charge in [-0.2, -0.15) is 0 Å². The largest absolute Gasteiger partial charge is 0.271 e. The van der Waals surface area contributed by atoms with Gasteiger partial charge in [-0.15, -0.1) is 0 Å². The van der Waals surface area contributed by atoms with Gasteiger partial charge in [-0.3, -0.25) is 11.3 Å². The van der Waals surface area contributed by atoms with Crippen molar-refractivity contribution in [1.82, 2.24) is 5.43 Å². The van der Waals surface area contributed by atoms with E-state index in [1.807, 2.05) is 31.2 Å². The van der Waals surface area contributed by atoms with Gasteiger partial charge in [-0.1, -0.05) is 41.9 Å². The van der Waals surface area contributed by atoms with E-state index in [1.165, 1.54) is 6.07 Å². The zero-order chi connectivity index (χ0) is 14.5. The Balaban J connectivity index is 2.11. The van der Waals surface area contributed by atoms with Crippen LogP contribution in [0.15, 0.2) is 42.5 Å². The molecular formula is C16H18ClFN2. The second kappa shape index (κ2) is 6.84. The summed E-state index contributed by atoms with van der Waals surface area (Å²) in [4.78, 5) is 0. The molecule has 3 N–H and O–H groups in total. The van der Waals surface area contributed by atoms with Crippen LogP contribution in [-0.4, -0.2) is 6.04 Å². The van der Waals surface area contributed by atoms with Gasteiger partial charge in [-0.05, 0) is 48.6 Å². The molecule has 1 atom stereocenters. The molecule has 2 aromatic rings. The summed E-state index contributed by atoms with van der Waals surface area (Å²) in [6, 6.07) is 12.6. The number of halogens is 2. The Morgan fingerprint density at radius 1 is 1.15 bits per heavy atom. The summed E-state index contributed by atoms with van der Waals surface area (Å²) < 4.78 is 13.7. The SMILES string of the molecule is Cc1ccc(CC(Cc2ccccc2F)NN)c(Cl)c1. The first kappa shape index (κ1) is 15.0. The van der Waals surface area contributed by atoms with Gasteiger partial charge in [0.15, 0.2) is 0 Å². The highest BCUT2D eigenvalue weighted by Crippen LogP contribution is 2.20. The number of hydrogen-bond donors (Lipinski definition) is 2. The highest BCUT2D eigenvalue weighted by Gasteiger charge is 2.13. The lowest BCUT2D eigenvalue weighted by Gasteiger charge is -2.17. The van der Waals surface area contributed by atoms with Crippen LogP contribution in [0.3, 0.4) is 0 Å². The van der Waals surface area contributed by atoms with Crippen molar-refractivity contribution in [2.24, 2.45) is 5.84 Å². The molecule has 0 aliphatic carbocycles. The van der Waals surface area contributed by atoms with Crippen LogP contribution in [0, 0.1) is 12.7 Å². The molecule has 0 aliphatic rings. The van der Waals surface area contributed by atoms with E-state index < -0.39 is 0 Å². The van der Waals surface area contributed by atoms with Gasteiger partial charge >= 0.3 is 0 Å². The van der Waals surface area contributed by atoms with Crippen LogP contribution in [0.4, 0.5) is 4.39 Å². The highest BCUT2D eigenvalue weighted by molar-refractivity contribution is 6.31. The molecule has 2 rings (SSSR count). The van der Waals surface area contributed by atoms with Crippen molar-refractivity contribution in [2.75, 3.05) is 0 Å². The molecule has 0 radical (unpaired) electrons. The van der Waals surface area contributed by atoms with Gasteiger partial charge in [0.1, 0.15) is 5.82 Å². The van der Waals surface area contributed by atoms with Crippen LogP contribution in [0.25, 0.3) is 0 Å². The summed E-state index contributed by atoms with van der Waals surface area (Å²) in [7, 11) is 0. The van der Waals surface area contributed by atoms with E-state index >= 15 is 0 Å². The van der Waals surface area contributed by atoms with Gasteiger partial charge in [-0.25, -0.2) is 4.39 Å². The smallest absolute Gasteiger partial charge is 0.126 e. The third kappa shape index (κ3) is 3.79. The summed E-state index contributed by atoms with van der Waals surface area (Å²) in [5, 5.41) is 0.721. The predicted molar refractivity (Wildman–Crippen MR) is 81.1 cm³/mol. The molecular weight excluding hydrogens is 275 g/mol. The molecule has 20 heavy (non-hydrogen) atoms. The van der Waals surface area contributed by atoms with Gasteiger partial charge < -0.3 is 0 Å². The fourth-order valence-corrected chi connectivity index (χ4v) is 2.52. The third-order valence-corrected chi connectivity index (χ3v) is 3.69. The van der Waals surface area contributed by atoms with Crippen molar-refractivity contribution >= 4 is 11.6 Å². The van der Waals surface area contributed by atoms with Crippen molar-refractivity contribution in [1.29, 1.82) is 0 Å². The fraction of sp³-hybridized carbons (Fsp3) is 0.250. The van der Waals surface area contributed by atoms with E-state index in [4.69, 9.17) is 17.4 Å². The molecule has 0 fully saturated rings. The van der Waals surface area contributed by atoms with Crippen molar-refractivity contribution in [3.8, 4) is 0 Å². The first-order chi connectivity index (χ1) is 9.60. The number of benzene rings is 2. The molecule has 0 bridgehead atoms. The van der Waals surface area contributed by atoms with E-state index in [0.29, 0.717) is 18.4 Å². The van der Waals surface area contributed by atoms with E-state index in [2.05, 4.69) is 5.43 Å². The molecule has 1 unspecified atom stereocenters. The summed E-state index contributed by atoms with van der Waals surface area (Å²) in [6.45, 7) is 1.99. The number of nitrogens with two attached hydrogens (primary N) is 1. The monoisotopic (exact) mass is 292 g/mol. The van der Waals surface area contributed by atoms with Crippen molar-refractivity contribution in [2.45, 2.75) is 25.8 Å². The van der Waals surface area contributed by atoms with Crippen molar-refractivity contribution < 1.29 is 4.39 Å². The molecule has 0 spiro atoms. The first-order valence-corrected chi connectivity index (χ1v) is 6.92. The Morgan fingerprint density at radius 2 is 1.85 bits per heavy atom. The maximum Gasteiger partial charge on any atom is 0.126 e. The second-order valence-electron chi connectivity index (χ2n) is 4.96. The first-order valence-electron chi connectivity index (χ1n) is 6.54. The van der Waals surface area contributed by atoms with E-state index in [0.717, 1.165) is 16.1 Å². The maximum atomic E-state index is 13.7. The standard InChI is InChI=1S/C16H18ClFN2/c1-11-6-7-12(15(17)8-11)9-14(20-19)10-13-4-2-3-5-16(13)18/h2-8,14,20H,9-10,19H2,1H3. The molecule has 2 aromatic carbocycles. The topological polar surface area (TPSA) is 38.0 Å². The Bertz CT molecular complexity index is 586. The average Bonchev–Trinajstić information content (AvgIpc) is 2.43. The number of nitrogens with one attached hydrogen (secondary N) is 1. The molecule has 0 saturated heterocycles. The number of hydrazine groups is 1. The Morgan fingerprint density at radius 3 is 2.50 bits per heavy atom. The molecule has 0 heterocycles. The summed E-state index contributed by atoms with van der Waals surface area (Å²) in [6.07, 6.45) is 1.18. The summed E-state index contributed by atoms with van der Waals surface area (Å²) in [5.41, 5.74) is 5.52. The minimum Gasteiger partial charge on any atom is -0.271 e. The van der Waals surface area contributed by atoms with Gasteiger partial charge in [0.05, 0.1) is 0 Å². The molecule has 4 heteroatoms. The number of rotatable bonds is 5. The fourth-order valence-electron chi connectivity index (χ4n) is 2.20. The lowest BCUT2D eigenvalue weighted by Crippen LogP contribution is -2.38. The van der Waals surface area contributed by atoms with Crippen molar-refractivity contribution in [3.05, 3.63) is 70.0 Å². The molecule has 106 valence electrons. The van der Waals surface area contributed by atoms with Crippen LogP contribution in [0.1, 0.15) is 16.7 Å². The molecule has 2 nitrogen and oxygen atoms in total. The van der Waals surface area contributed by atoms with Gasteiger partial charge in [0, 0.05) is 11.1 Å². The van der Waals surface area contributed by atoms with Gasteiger partial charge in [0.2, 0.25) is 0 Å². The molecule has 0 aromatic heterocycles. The van der Waals surface area contributed by atoms with E-state index in [1.54, 1.807) is 12.1 Å². The number of aryl methyl sites for hydroxylation is 1. The Labute approximate surface area is 123 Å². The van der Waals surface area contributed by atoms with Crippen LogP contribution >= 0.6 is 11.6 Å². The quantitative estimate of drug-likeness (QED) is 0.655. The predicted octanol–water partition coefficient (Wildman–Crippen LogP) is 3.40. The number of hydrogen-bond acceptors (Lipinski definition) is 2. The summed E-state index contributed by atoms with van der Waals surface area (Å²) >= 11 is 6.22. The summed E-state index contributed by atoms with van der Waals surface area (Å²) in [5.74, 6) is 5.38. The van der Waals surface area contributed by atoms with Crippen LogP contribution in [0.5, 0.6) is 0 Å². The van der Waals surface area contributed by atoms with Crippen LogP contribution < -0.4 is 11.3 Å². The zero-order valence-corrected chi connectivity index (χ0v) is 12.1. The van der Waals surface area contributed by atoms with E-state index in [9.17, 15) is 4.39 Å². The maximum absolute atomic E-state index is 13.7. The Kier molecular flexibility index (Phi) is 5.12. The average molecular weight is 293 g/mol. The molecule has 0 aliphatic heterocycles. The normalized spacial score (nSPS) is 12.4. The van der Waals surface area contributed by atoms with Gasteiger partial charge in [0.25, 0.3) is 0 Å². The third-order valence-electron chi connectivity index (χ3n) is 3.33. The zero-order valence-electron chi connectivity index (χ0n) is 11.4.